The van der Waals surface area contributed by atoms with E-state index in [1.165, 1.54) is 5.56 Å². The molecular weight excluding hydrogens is 360 g/mol. The monoisotopic (exact) mass is 384 g/mol. The number of hydrogen-bond acceptors (Lipinski definition) is 4. The largest absolute Gasteiger partial charge is 0.315 e. The van der Waals surface area contributed by atoms with Gasteiger partial charge in [0.1, 0.15) is 11.9 Å². The minimum atomic E-state index is -0.415. The van der Waals surface area contributed by atoms with Crippen molar-refractivity contribution in [2.45, 2.75) is 50.6 Å². The van der Waals surface area contributed by atoms with Gasteiger partial charge in [0.05, 0.1) is 17.6 Å². The molecule has 0 bridgehead atoms. The first kappa shape index (κ1) is 18.1. The SMILES string of the molecule is CCc1ccc(Cn2nccc2NC(=O)C2CSC3(C)CCC(=O)N23)cc1. The molecule has 2 fully saturated rings. The molecule has 1 N–H and O–H groups in total. The lowest BCUT2D eigenvalue weighted by Gasteiger charge is -2.29. The third-order valence-corrected chi connectivity index (χ3v) is 6.98. The highest BCUT2D eigenvalue weighted by Crippen LogP contribution is 2.47. The third-order valence-electron chi connectivity index (χ3n) is 5.48. The van der Waals surface area contributed by atoms with E-state index in [1.807, 2.05) is 0 Å². The highest BCUT2D eigenvalue weighted by atomic mass is 32.2. The van der Waals surface area contributed by atoms with Crippen LogP contribution >= 0.6 is 11.8 Å². The second-order valence-electron chi connectivity index (χ2n) is 7.30. The number of rotatable bonds is 5. The molecule has 1 aromatic heterocycles. The van der Waals surface area contributed by atoms with E-state index < -0.39 is 6.04 Å². The van der Waals surface area contributed by atoms with E-state index >= 15 is 0 Å². The van der Waals surface area contributed by atoms with Crippen LogP contribution in [0.2, 0.25) is 0 Å². The number of amides is 2. The van der Waals surface area contributed by atoms with E-state index in [1.54, 1.807) is 33.6 Å². The first-order chi connectivity index (χ1) is 13.0. The lowest BCUT2D eigenvalue weighted by Crippen LogP contribution is -2.48. The first-order valence-corrected chi connectivity index (χ1v) is 10.4. The van der Waals surface area contributed by atoms with Crippen molar-refractivity contribution in [1.29, 1.82) is 0 Å². The molecule has 2 amide bonds. The maximum absolute atomic E-state index is 12.9. The lowest BCUT2D eigenvalue weighted by atomic mass is 10.1. The number of anilines is 1. The molecule has 2 aliphatic heterocycles. The summed E-state index contributed by atoms with van der Waals surface area (Å²) in [5.74, 6) is 1.24. The molecule has 142 valence electrons. The number of benzene rings is 1. The number of thioether (sulfide) groups is 1. The molecule has 2 aromatic rings. The molecule has 0 radical (unpaired) electrons. The number of nitrogens with zero attached hydrogens (tertiary/aromatic N) is 3. The Morgan fingerprint density at radius 2 is 2.04 bits per heavy atom. The lowest BCUT2D eigenvalue weighted by molar-refractivity contribution is -0.135. The second-order valence-corrected chi connectivity index (χ2v) is 8.80. The molecule has 6 nitrogen and oxygen atoms in total. The molecule has 0 saturated carbocycles. The number of carbonyl (C=O) groups excluding carboxylic acids is 2. The molecule has 2 atom stereocenters. The molecule has 3 heterocycles. The second kappa shape index (κ2) is 7.03. The van der Waals surface area contributed by atoms with Crippen LogP contribution in [0.25, 0.3) is 0 Å². The minimum absolute atomic E-state index is 0.0761. The van der Waals surface area contributed by atoms with Crippen molar-refractivity contribution in [2.24, 2.45) is 0 Å². The number of aryl methyl sites for hydroxylation is 1. The van der Waals surface area contributed by atoms with Gasteiger partial charge in [0.25, 0.3) is 0 Å². The number of hydrogen-bond donors (Lipinski definition) is 1. The molecule has 1 aromatic carbocycles. The van der Waals surface area contributed by atoms with Crippen LogP contribution in [-0.2, 0) is 22.6 Å². The van der Waals surface area contributed by atoms with Crippen molar-refractivity contribution in [3.05, 3.63) is 47.7 Å². The summed E-state index contributed by atoms with van der Waals surface area (Å²) < 4.78 is 1.78. The van der Waals surface area contributed by atoms with Crippen LogP contribution in [0.1, 0.15) is 37.8 Å². The maximum atomic E-state index is 12.9. The van der Waals surface area contributed by atoms with Crippen LogP contribution < -0.4 is 5.32 Å². The predicted octanol–water partition coefficient (Wildman–Crippen LogP) is 2.89. The Morgan fingerprint density at radius 3 is 2.78 bits per heavy atom. The van der Waals surface area contributed by atoms with Crippen LogP contribution in [0.3, 0.4) is 0 Å². The van der Waals surface area contributed by atoms with E-state index in [0.717, 1.165) is 18.4 Å². The van der Waals surface area contributed by atoms with Gasteiger partial charge >= 0.3 is 0 Å². The van der Waals surface area contributed by atoms with Crippen LogP contribution in [0.5, 0.6) is 0 Å². The van der Waals surface area contributed by atoms with Gasteiger partial charge in [-0.1, -0.05) is 31.2 Å². The van der Waals surface area contributed by atoms with Crippen LogP contribution in [0.15, 0.2) is 36.5 Å². The molecule has 27 heavy (non-hydrogen) atoms. The molecule has 4 rings (SSSR count). The van der Waals surface area contributed by atoms with E-state index in [0.29, 0.717) is 24.5 Å². The van der Waals surface area contributed by atoms with Gasteiger partial charge in [0.15, 0.2) is 0 Å². The van der Waals surface area contributed by atoms with Crippen molar-refractivity contribution < 1.29 is 9.59 Å². The summed E-state index contributed by atoms with van der Waals surface area (Å²) in [6.07, 6.45) is 4.03. The van der Waals surface area contributed by atoms with Crippen LogP contribution in [0, 0.1) is 0 Å². The summed E-state index contributed by atoms with van der Waals surface area (Å²) in [6, 6.07) is 9.80. The van der Waals surface area contributed by atoms with Gasteiger partial charge in [0.2, 0.25) is 11.8 Å². The Hall–Kier alpha value is -2.28. The molecular formula is C20H24N4O2S. The Balaban J connectivity index is 1.46. The zero-order chi connectivity index (χ0) is 19.0. The first-order valence-electron chi connectivity index (χ1n) is 9.37. The average molecular weight is 385 g/mol. The van der Waals surface area contributed by atoms with Gasteiger partial charge < -0.3 is 10.2 Å². The minimum Gasteiger partial charge on any atom is -0.315 e. The van der Waals surface area contributed by atoms with E-state index in [9.17, 15) is 9.59 Å². The number of carbonyl (C=O) groups is 2. The Morgan fingerprint density at radius 1 is 1.30 bits per heavy atom. The molecule has 2 saturated heterocycles. The zero-order valence-electron chi connectivity index (χ0n) is 15.6. The van der Waals surface area contributed by atoms with Crippen molar-refractivity contribution in [1.82, 2.24) is 14.7 Å². The molecule has 2 unspecified atom stereocenters. The van der Waals surface area contributed by atoms with Gasteiger partial charge in [-0.2, -0.15) is 5.10 Å². The van der Waals surface area contributed by atoms with Gasteiger partial charge in [-0.3, -0.25) is 9.59 Å². The number of nitrogens with one attached hydrogen (secondary N) is 1. The van der Waals surface area contributed by atoms with E-state index in [2.05, 4.69) is 48.5 Å². The van der Waals surface area contributed by atoms with Crippen molar-refractivity contribution >= 4 is 29.4 Å². The molecule has 2 aliphatic rings. The smallest absolute Gasteiger partial charge is 0.249 e. The number of fused-ring (bicyclic) bond motifs is 1. The van der Waals surface area contributed by atoms with Crippen LogP contribution in [0.4, 0.5) is 5.82 Å². The summed E-state index contributed by atoms with van der Waals surface area (Å²) in [4.78, 5) is 26.7. The van der Waals surface area contributed by atoms with Gasteiger partial charge in [-0.05, 0) is 30.9 Å². The summed E-state index contributed by atoms with van der Waals surface area (Å²) in [5, 5.41) is 7.32. The van der Waals surface area contributed by atoms with E-state index in [4.69, 9.17) is 0 Å². The topological polar surface area (TPSA) is 67.2 Å². The Kier molecular flexibility index (Phi) is 4.72. The van der Waals surface area contributed by atoms with Gasteiger partial charge in [-0.15, -0.1) is 11.8 Å². The number of aromatic nitrogens is 2. The fraction of sp³-hybridized carbons (Fsp3) is 0.450. The molecule has 0 aliphatic carbocycles. The standard InChI is InChI=1S/C20H24N4O2S/c1-3-14-4-6-15(7-5-14)12-23-17(9-11-21-23)22-19(26)16-13-27-20(2)10-8-18(25)24(16)20/h4-7,9,11,16H,3,8,10,12-13H2,1-2H3,(H,22,26). The third kappa shape index (κ3) is 3.36. The summed E-state index contributed by atoms with van der Waals surface area (Å²) >= 11 is 1.70. The normalized spacial score (nSPS) is 24.3. The fourth-order valence-electron chi connectivity index (χ4n) is 3.84. The highest BCUT2D eigenvalue weighted by Gasteiger charge is 2.52. The summed E-state index contributed by atoms with van der Waals surface area (Å²) in [6.45, 7) is 4.78. The van der Waals surface area contributed by atoms with Crippen molar-refractivity contribution in [3.8, 4) is 0 Å². The average Bonchev–Trinajstić information content (AvgIpc) is 3.32. The summed E-state index contributed by atoms with van der Waals surface area (Å²) in [5.41, 5.74) is 2.43. The maximum Gasteiger partial charge on any atom is 0.249 e. The van der Waals surface area contributed by atoms with Crippen LogP contribution in [-0.4, -0.2) is 43.2 Å². The predicted molar refractivity (Wildman–Crippen MR) is 107 cm³/mol. The Labute approximate surface area is 163 Å². The quantitative estimate of drug-likeness (QED) is 0.861. The Bertz CT molecular complexity index is 863. The molecule has 7 heteroatoms. The zero-order valence-corrected chi connectivity index (χ0v) is 16.5. The summed E-state index contributed by atoms with van der Waals surface area (Å²) in [7, 11) is 0. The fourth-order valence-corrected chi connectivity index (χ4v) is 5.27. The molecule has 0 spiro atoms. The van der Waals surface area contributed by atoms with Gasteiger partial charge in [-0.25, -0.2) is 4.68 Å². The van der Waals surface area contributed by atoms with E-state index in [-0.39, 0.29) is 16.7 Å². The highest BCUT2D eigenvalue weighted by molar-refractivity contribution is 8.01. The van der Waals surface area contributed by atoms with Crippen molar-refractivity contribution in [3.63, 3.8) is 0 Å². The van der Waals surface area contributed by atoms with Gasteiger partial charge in [0, 0.05) is 18.2 Å². The van der Waals surface area contributed by atoms with Crippen molar-refractivity contribution in [2.75, 3.05) is 11.1 Å².